The standard InChI is InChI=1S/C10H18N4O3S2/c1-8(11-2)9-7-18-10(12-9)13-19(15,16)14-3-5-17-6-4-14/h7-8,11H,3-6H2,1-2H3,(H,12,13). The molecule has 1 fully saturated rings. The second-order valence-electron chi connectivity index (χ2n) is 4.21. The first kappa shape index (κ1) is 14.7. The quantitative estimate of drug-likeness (QED) is 0.823. The van der Waals surface area contributed by atoms with Crippen LogP contribution in [-0.4, -0.2) is 51.1 Å². The summed E-state index contributed by atoms with van der Waals surface area (Å²) in [5.74, 6) is 0. The van der Waals surface area contributed by atoms with Crippen LogP contribution in [0.3, 0.4) is 0 Å². The van der Waals surface area contributed by atoms with E-state index in [4.69, 9.17) is 4.74 Å². The van der Waals surface area contributed by atoms with Crippen molar-refractivity contribution in [2.45, 2.75) is 13.0 Å². The zero-order valence-corrected chi connectivity index (χ0v) is 12.6. The van der Waals surface area contributed by atoms with Crippen LogP contribution >= 0.6 is 11.3 Å². The molecule has 0 bridgehead atoms. The Morgan fingerprint density at radius 3 is 2.79 bits per heavy atom. The lowest BCUT2D eigenvalue weighted by Crippen LogP contribution is -2.43. The van der Waals surface area contributed by atoms with E-state index in [1.54, 1.807) is 0 Å². The van der Waals surface area contributed by atoms with E-state index in [1.165, 1.54) is 15.6 Å². The normalized spacial score (nSPS) is 19.3. The van der Waals surface area contributed by atoms with Gasteiger partial charge in [-0.25, -0.2) is 9.71 Å². The molecule has 2 heterocycles. The topological polar surface area (TPSA) is 83.6 Å². The number of nitrogens with one attached hydrogen (secondary N) is 2. The minimum absolute atomic E-state index is 0.0953. The molecule has 1 atom stereocenters. The van der Waals surface area contributed by atoms with Gasteiger partial charge in [-0.3, -0.25) is 0 Å². The Bertz CT molecular complexity index is 511. The molecule has 0 saturated carbocycles. The summed E-state index contributed by atoms with van der Waals surface area (Å²) >= 11 is 1.28. The molecule has 0 aromatic carbocycles. The molecule has 1 aromatic heterocycles. The lowest BCUT2D eigenvalue weighted by molar-refractivity contribution is 0.0733. The molecule has 7 nitrogen and oxygen atoms in total. The van der Waals surface area contributed by atoms with Gasteiger partial charge in [-0.15, -0.1) is 11.3 Å². The molecule has 9 heteroatoms. The van der Waals surface area contributed by atoms with Gasteiger partial charge in [-0.05, 0) is 14.0 Å². The predicted molar refractivity (Wildman–Crippen MR) is 74.5 cm³/mol. The van der Waals surface area contributed by atoms with E-state index in [-0.39, 0.29) is 6.04 Å². The van der Waals surface area contributed by atoms with Crippen molar-refractivity contribution < 1.29 is 13.2 Å². The van der Waals surface area contributed by atoms with E-state index in [9.17, 15) is 8.42 Å². The van der Waals surface area contributed by atoms with Gasteiger partial charge in [0.1, 0.15) is 0 Å². The molecule has 1 aliphatic heterocycles. The highest BCUT2D eigenvalue weighted by atomic mass is 32.2. The maximum atomic E-state index is 12.1. The average Bonchev–Trinajstić information content (AvgIpc) is 2.86. The molecule has 1 aromatic rings. The Hall–Kier alpha value is -0.740. The highest BCUT2D eigenvalue weighted by Gasteiger charge is 2.25. The summed E-state index contributed by atoms with van der Waals surface area (Å²) in [7, 11) is -1.69. The van der Waals surface area contributed by atoms with Gasteiger partial charge in [-0.2, -0.15) is 12.7 Å². The minimum Gasteiger partial charge on any atom is -0.379 e. The number of nitrogens with zero attached hydrogens (tertiary/aromatic N) is 2. The number of ether oxygens (including phenoxy) is 1. The molecule has 1 saturated heterocycles. The van der Waals surface area contributed by atoms with Crippen molar-refractivity contribution in [3.05, 3.63) is 11.1 Å². The summed E-state index contributed by atoms with van der Waals surface area (Å²) in [4.78, 5) is 4.27. The second kappa shape index (κ2) is 6.14. The average molecular weight is 306 g/mol. The maximum Gasteiger partial charge on any atom is 0.303 e. The number of thiazole rings is 1. The van der Waals surface area contributed by atoms with Gasteiger partial charge in [0.05, 0.1) is 18.9 Å². The van der Waals surface area contributed by atoms with Crippen LogP contribution in [0.1, 0.15) is 18.7 Å². The first-order valence-electron chi connectivity index (χ1n) is 6.01. The SMILES string of the molecule is CNC(C)c1csc(NS(=O)(=O)N2CCOCC2)n1. The number of aromatic nitrogens is 1. The second-order valence-corrected chi connectivity index (χ2v) is 6.74. The number of hydrogen-bond acceptors (Lipinski definition) is 6. The zero-order chi connectivity index (χ0) is 13.9. The van der Waals surface area contributed by atoms with Crippen molar-refractivity contribution >= 4 is 26.7 Å². The largest absolute Gasteiger partial charge is 0.379 e. The van der Waals surface area contributed by atoms with E-state index >= 15 is 0 Å². The van der Waals surface area contributed by atoms with E-state index in [2.05, 4.69) is 15.0 Å². The summed E-state index contributed by atoms with van der Waals surface area (Å²) in [5.41, 5.74) is 0.826. The first-order valence-corrected chi connectivity index (χ1v) is 8.33. The number of anilines is 1. The molecular weight excluding hydrogens is 288 g/mol. The Balaban J connectivity index is 2.05. The molecule has 19 heavy (non-hydrogen) atoms. The number of morpholine rings is 1. The van der Waals surface area contributed by atoms with Crippen molar-refractivity contribution in [3.8, 4) is 0 Å². The monoisotopic (exact) mass is 306 g/mol. The van der Waals surface area contributed by atoms with E-state index < -0.39 is 10.2 Å². The molecule has 0 aliphatic carbocycles. The Kier molecular flexibility index (Phi) is 4.74. The Labute approximate surface area is 117 Å². The van der Waals surface area contributed by atoms with Gasteiger partial charge in [0, 0.05) is 24.5 Å². The number of rotatable bonds is 5. The van der Waals surface area contributed by atoms with Crippen LogP contribution in [-0.2, 0) is 14.9 Å². The van der Waals surface area contributed by atoms with Crippen molar-refractivity contribution in [1.29, 1.82) is 0 Å². The number of hydrogen-bond donors (Lipinski definition) is 2. The van der Waals surface area contributed by atoms with Crippen LogP contribution in [0.25, 0.3) is 0 Å². The maximum absolute atomic E-state index is 12.1. The zero-order valence-electron chi connectivity index (χ0n) is 10.9. The van der Waals surface area contributed by atoms with Crippen LogP contribution in [0.4, 0.5) is 5.13 Å². The molecule has 1 unspecified atom stereocenters. The molecule has 2 rings (SSSR count). The summed E-state index contributed by atoms with van der Waals surface area (Å²) in [6.07, 6.45) is 0. The van der Waals surface area contributed by atoms with E-state index in [0.717, 1.165) is 5.69 Å². The molecule has 0 radical (unpaired) electrons. The van der Waals surface area contributed by atoms with Gasteiger partial charge in [0.25, 0.3) is 0 Å². The summed E-state index contributed by atoms with van der Waals surface area (Å²) in [5, 5.41) is 5.30. The van der Waals surface area contributed by atoms with Crippen molar-refractivity contribution in [2.75, 3.05) is 38.1 Å². The first-order chi connectivity index (χ1) is 9.03. The van der Waals surface area contributed by atoms with Crippen LogP contribution in [0, 0.1) is 0 Å². The summed E-state index contributed by atoms with van der Waals surface area (Å²) < 4.78 is 33.3. The fourth-order valence-electron chi connectivity index (χ4n) is 1.64. The third-order valence-electron chi connectivity index (χ3n) is 2.92. The van der Waals surface area contributed by atoms with Gasteiger partial charge in [-0.1, -0.05) is 0 Å². The molecule has 0 amide bonds. The predicted octanol–water partition coefficient (Wildman–Crippen LogP) is 0.412. The molecule has 2 N–H and O–H groups in total. The smallest absolute Gasteiger partial charge is 0.303 e. The van der Waals surface area contributed by atoms with E-state index in [0.29, 0.717) is 31.4 Å². The van der Waals surface area contributed by atoms with Gasteiger partial charge >= 0.3 is 10.2 Å². The fraction of sp³-hybridized carbons (Fsp3) is 0.700. The summed E-state index contributed by atoms with van der Waals surface area (Å²) in [6.45, 7) is 3.58. The molecule has 1 aliphatic rings. The lowest BCUT2D eigenvalue weighted by Gasteiger charge is -2.25. The molecular formula is C10H18N4O3S2. The third-order valence-corrected chi connectivity index (χ3v) is 5.33. The van der Waals surface area contributed by atoms with Gasteiger partial charge in [0.15, 0.2) is 5.13 Å². The van der Waals surface area contributed by atoms with Crippen molar-refractivity contribution in [1.82, 2.24) is 14.6 Å². The van der Waals surface area contributed by atoms with Crippen LogP contribution < -0.4 is 10.0 Å². The fourth-order valence-corrected chi connectivity index (χ4v) is 3.82. The van der Waals surface area contributed by atoms with E-state index in [1.807, 2.05) is 19.4 Å². The van der Waals surface area contributed by atoms with Crippen molar-refractivity contribution in [3.63, 3.8) is 0 Å². The lowest BCUT2D eigenvalue weighted by atomic mass is 10.3. The van der Waals surface area contributed by atoms with Gasteiger partial charge in [0.2, 0.25) is 0 Å². The van der Waals surface area contributed by atoms with Gasteiger partial charge < -0.3 is 10.1 Å². The Morgan fingerprint density at radius 2 is 2.16 bits per heavy atom. The highest BCUT2D eigenvalue weighted by Crippen LogP contribution is 2.22. The Morgan fingerprint density at radius 1 is 1.47 bits per heavy atom. The van der Waals surface area contributed by atoms with Crippen LogP contribution in [0.5, 0.6) is 0 Å². The van der Waals surface area contributed by atoms with Crippen molar-refractivity contribution in [2.24, 2.45) is 0 Å². The van der Waals surface area contributed by atoms with Crippen LogP contribution in [0.15, 0.2) is 5.38 Å². The minimum atomic E-state index is -3.52. The highest BCUT2D eigenvalue weighted by molar-refractivity contribution is 7.90. The molecule has 108 valence electrons. The van der Waals surface area contributed by atoms with Crippen LogP contribution in [0.2, 0.25) is 0 Å². The third kappa shape index (κ3) is 3.63. The summed E-state index contributed by atoms with van der Waals surface area (Å²) in [6, 6.07) is 0.0953. The molecule has 0 spiro atoms.